The van der Waals surface area contributed by atoms with Crippen molar-refractivity contribution in [2.24, 2.45) is 11.7 Å². The number of anilines is 1. The Morgan fingerprint density at radius 1 is 1.32 bits per heavy atom. The zero-order chi connectivity index (χ0) is 18.0. The molecule has 0 spiro atoms. The molecule has 1 atom stereocenters. The van der Waals surface area contributed by atoms with Crippen LogP contribution in [0.5, 0.6) is 0 Å². The summed E-state index contributed by atoms with van der Waals surface area (Å²) in [4.78, 5) is 26.1. The Bertz CT molecular complexity index is 632. The molecule has 2 aliphatic rings. The minimum Gasteiger partial charge on any atom is -0.383 e. The lowest BCUT2D eigenvalue weighted by atomic mass is 10.2. The summed E-state index contributed by atoms with van der Waals surface area (Å²) in [7, 11) is 1.65. The Morgan fingerprint density at radius 2 is 2.08 bits per heavy atom. The van der Waals surface area contributed by atoms with Crippen molar-refractivity contribution in [3.8, 4) is 0 Å². The zero-order valence-corrected chi connectivity index (χ0v) is 15.5. The summed E-state index contributed by atoms with van der Waals surface area (Å²) in [5.41, 5.74) is 7.92. The van der Waals surface area contributed by atoms with Crippen LogP contribution in [0.15, 0.2) is 0 Å². The van der Waals surface area contributed by atoms with Crippen LogP contribution in [0.3, 0.4) is 0 Å². The molecule has 1 saturated heterocycles. The first-order valence-corrected chi connectivity index (χ1v) is 9.13. The highest BCUT2D eigenvalue weighted by Crippen LogP contribution is 2.30. The number of nitrogens with two attached hydrogens (primary N) is 1. The highest BCUT2D eigenvalue weighted by molar-refractivity contribution is 5.91. The number of carbonyl (C=O) groups excluding carboxylic acids is 1. The Labute approximate surface area is 149 Å². The number of nitrogens with zero attached hydrogens (tertiary/aromatic N) is 4. The van der Waals surface area contributed by atoms with Gasteiger partial charge < -0.3 is 20.3 Å². The van der Waals surface area contributed by atoms with Crippen molar-refractivity contribution >= 4 is 11.7 Å². The molecule has 1 amide bonds. The Hall–Kier alpha value is -1.73. The Balaban J connectivity index is 1.84. The molecule has 7 nitrogen and oxygen atoms in total. The number of hydrogen-bond donors (Lipinski definition) is 1. The molecule has 0 aromatic carbocycles. The van der Waals surface area contributed by atoms with E-state index in [0.717, 1.165) is 43.1 Å². The van der Waals surface area contributed by atoms with E-state index in [2.05, 4.69) is 14.9 Å². The lowest BCUT2D eigenvalue weighted by Gasteiger charge is -2.24. The molecule has 1 aliphatic carbocycles. The molecule has 0 radical (unpaired) electrons. The quantitative estimate of drug-likeness (QED) is 0.796. The summed E-state index contributed by atoms with van der Waals surface area (Å²) < 4.78 is 5.16. The SMILES string of the molecule is COCCN(CC1CC1)C(=O)c1nc(C)c(C)c(N2CC[C@@H](N)C2)n1. The van der Waals surface area contributed by atoms with E-state index in [9.17, 15) is 4.79 Å². The van der Waals surface area contributed by atoms with Gasteiger partial charge in [-0.05, 0) is 39.0 Å². The fourth-order valence-electron chi connectivity index (χ4n) is 3.23. The predicted molar refractivity (Wildman–Crippen MR) is 96.8 cm³/mol. The Kier molecular flexibility index (Phi) is 5.54. The average molecular weight is 347 g/mol. The van der Waals surface area contributed by atoms with Crippen LogP contribution in [0, 0.1) is 19.8 Å². The standard InChI is InChI=1S/C18H29N5O2/c1-12-13(2)20-16(21-17(12)22-7-6-15(19)11-22)18(24)23(8-9-25-3)10-14-4-5-14/h14-15H,4-11,19H2,1-3H3/t15-/m1/s1. The minimum atomic E-state index is -0.100. The van der Waals surface area contributed by atoms with Gasteiger partial charge in [-0.3, -0.25) is 4.79 Å². The van der Waals surface area contributed by atoms with Crippen molar-refractivity contribution < 1.29 is 9.53 Å². The highest BCUT2D eigenvalue weighted by Gasteiger charge is 2.30. The van der Waals surface area contributed by atoms with Crippen molar-refractivity contribution in [1.29, 1.82) is 0 Å². The average Bonchev–Trinajstić information content (AvgIpc) is 3.31. The van der Waals surface area contributed by atoms with Crippen LogP contribution in [-0.2, 0) is 4.74 Å². The van der Waals surface area contributed by atoms with Crippen molar-refractivity contribution in [2.45, 2.75) is 39.2 Å². The number of rotatable bonds is 7. The molecule has 7 heteroatoms. The number of methoxy groups -OCH3 is 1. The van der Waals surface area contributed by atoms with Gasteiger partial charge in [-0.25, -0.2) is 9.97 Å². The largest absolute Gasteiger partial charge is 0.383 e. The van der Waals surface area contributed by atoms with E-state index in [4.69, 9.17) is 10.5 Å². The van der Waals surface area contributed by atoms with Gasteiger partial charge in [-0.15, -0.1) is 0 Å². The van der Waals surface area contributed by atoms with Crippen LogP contribution in [0.25, 0.3) is 0 Å². The van der Waals surface area contributed by atoms with Crippen LogP contribution >= 0.6 is 0 Å². The third-order valence-electron chi connectivity index (χ3n) is 5.11. The second-order valence-electron chi connectivity index (χ2n) is 7.26. The van der Waals surface area contributed by atoms with Gasteiger partial charge in [-0.1, -0.05) is 0 Å². The first-order valence-electron chi connectivity index (χ1n) is 9.13. The molecule has 0 bridgehead atoms. The van der Waals surface area contributed by atoms with E-state index >= 15 is 0 Å². The van der Waals surface area contributed by atoms with Gasteiger partial charge in [0.2, 0.25) is 5.82 Å². The van der Waals surface area contributed by atoms with E-state index in [1.807, 2.05) is 18.7 Å². The van der Waals surface area contributed by atoms with E-state index in [1.54, 1.807) is 7.11 Å². The van der Waals surface area contributed by atoms with Gasteiger partial charge in [0.05, 0.1) is 6.61 Å². The molecule has 1 saturated carbocycles. The van der Waals surface area contributed by atoms with Gasteiger partial charge in [0, 0.05) is 50.6 Å². The summed E-state index contributed by atoms with van der Waals surface area (Å²) in [6, 6.07) is 0.168. The van der Waals surface area contributed by atoms with Crippen molar-refractivity contribution in [3.05, 3.63) is 17.1 Å². The number of aromatic nitrogens is 2. The van der Waals surface area contributed by atoms with E-state index in [-0.39, 0.29) is 17.8 Å². The van der Waals surface area contributed by atoms with Crippen LogP contribution in [-0.4, -0.2) is 66.7 Å². The predicted octanol–water partition coefficient (Wildman–Crippen LogP) is 1.13. The fourth-order valence-corrected chi connectivity index (χ4v) is 3.23. The van der Waals surface area contributed by atoms with Crippen molar-refractivity contribution in [3.63, 3.8) is 0 Å². The number of carbonyl (C=O) groups is 1. The molecule has 1 aliphatic heterocycles. The summed E-state index contributed by atoms with van der Waals surface area (Å²) in [6.45, 7) is 7.47. The molecular formula is C18H29N5O2. The summed E-state index contributed by atoms with van der Waals surface area (Å²) >= 11 is 0. The highest BCUT2D eigenvalue weighted by atomic mass is 16.5. The molecule has 2 fully saturated rings. The minimum absolute atomic E-state index is 0.100. The van der Waals surface area contributed by atoms with E-state index < -0.39 is 0 Å². The second-order valence-corrected chi connectivity index (χ2v) is 7.26. The van der Waals surface area contributed by atoms with Gasteiger partial charge in [0.1, 0.15) is 5.82 Å². The second kappa shape index (κ2) is 7.66. The third-order valence-corrected chi connectivity index (χ3v) is 5.11. The van der Waals surface area contributed by atoms with Gasteiger partial charge in [-0.2, -0.15) is 0 Å². The number of amides is 1. The monoisotopic (exact) mass is 347 g/mol. The Morgan fingerprint density at radius 3 is 2.68 bits per heavy atom. The molecule has 1 aromatic rings. The lowest BCUT2D eigenvalue weighted by Crippen LogP contribution is -2.37. The van der Waals surface area contributed by atoms with Gasteiger partial charge in [0.25, 0.3) is 5.91 Å². The molecule has 0 unspecified atom stereocenters. The summed E-state index contributed by atoms with van der Waals surface area (Å²) in [5.74, 6) is 1.65. The first kappa shape index (κ1) is 18.1. The maximum Gasteiger partial charge on any atom is 0.291 e. The normalized spacial score (nSPS) is 20.2. The number of ether oxygens (including phenoxy) is 1. The van der Waals surface area contributed by atoms with E-state index in [1.165, 1.54) is 12.8 Å². The zero-order valence-electron chi connectivity index (χ0n) is 15.5. The third kappa shape index (κ3) is 4.27. The fraction of sp³-hybridized carbons (Fsp3) is 0.722. The van der Waals surface area contributed by atoms with Crippen molar-refractivity contribution in [2.75, 3.05) is 44.8 Å². The topological polar surface area (TPSA) is 84.6 Å². The molecule has 25 heavy (non-hydrogen) atoms. The van der Waals surface area contributed by atoms with Crippen LogP contribution < -0.4 is 10.6 Å². The molecule has 138 valence electrons. The maximum atomic E-state index is 13.0. The lowest BCUT2D eigenvalue weighted by molar-refractivity contribution is 0.0674. The molecular weight excluding hydrogens is 318 g/mol. The maximum absolute atomic E-state index is 13.0. The van der Waals surface area contributed by atoms with Crippen molar-refractivity contribution in [1.82, 2.24) is 14.9 Å². The van der Waals surface area contributed by atoms with Gasteiger partial charge in [0.15, 0.2) is 0 Å². The number of hydrogen-bond acceptors (Lipinski definition) is 6. The van der Waals surface area contributed by atoms with E-state index in [0.29, 0.717) is 19.1 Å². The molecule has 3 rings (SSSR count). The smallest absolute Gasteiger partial charge is 0.291 e. The first-order chi connectivity index (χ1) is 12.0. The van der Waals surface area contributed by atoms with Crippen LogP contribution in [0.4, 0.5) is 5.82 Å². The van der Waals surface area contributed by atoms with Gasteiger partial charge >= 0.3 is 0 Å². The van der Waals surface area contributed by atoms with Crippen LogP contribution in [0.2, 0.25) is 0 Å². The molecule has 2 heterocycles. The summed E-state index contributed by atoms with van der Waals surface area (Å²) in [6.07, 6.45) is 3.34. The van der Waals surface area contributed by atoms with Crippen LogP contribution in [0.1, 0.15) is 41.1 Å². The molecule has 1 aromatic heterocycles. The molecule has 2 N–H and O–H groups in total. The number of aryl methyl sites for hydroxylation is 1. The summed E-state index contributed by atoms with van der Waals surface area (Å²) in [5, 5.41) is 0.